The maximum atomic E-state index is 7.08. The molecule has 0 amide bonds. The van der Waals surface area contributed by atoms with E-state index in [0.717, 1.165) is 29.8 Å². The molecule has 0 fully saturated rings. The highest BCUT2D eigenvalue weighted by Gasteiger charge is 2.59. The van der Waals surface area contributed by atoms with Crippen LogP contribution >= 0.6 is 0 Å². The van der Waals surface area contributed by atoms with Crippen molar-refractivity contribution >= 4 is 39.1 Å². The minimum absolute atomic E-state index is 0.245. The van der Waals surface area contributed by atoms with Gasteiger partial charge in [-0.25, -0.2) is 0 Å². The second-order valence-corrected chi connectivity index (χ2v) is 11.0. The fraction of sp³-hybridized carbons (Fsp3) is 0.364. The van der Waals surface area contributed by atoms with Crippen LogP contribution in [0.3, 0.4) is 0 Å². The van der Waals surface area contributed by atoms with Crippen molar-refractivity contribution < 1.29 is 4.74 Å². The molecule has 6 rings (SSSR count). The number of unbranched alkanes of at least 4 members (excludes halogenated alkanes) is 5. The zero-order valence-electron chi connectivity index (χ0n) is 21.8. The highest BCUT2D eigenvalue weighted by molar-refractivity contribution is 6.06. The van der Waals surface area contributed by atoms with Crippen molar-refractivity contribution in [3.8, 4) is 5.75 Å². The lowest BCUT2D eigenvalue weighted by atomic mass is 9.77. The molecule has 0 aliphatic carbocycles. The largest absolute Gasteiger partial charge is 0.459 e. The van der Waals surface area contributed by atoms with Crippen LogP contribution < -0.4 is 9.64 Å². The van der Waals surface area contributed by atoms with Crippen LogP contribution in [0, 0.1) is 0 Å². The third kappa shape index (κ3) is 3.51. The Morgan fingerprint density at radius 2 is 1.50 bits per heavy atom. The molecule has 0 aromatic heterocycles. The minimum atomic E-state index is -0.641. The summed E-state index contributed by atoms with van der Waals surface area (Å²) >= 11 is 0. The maximum absolute atomic E-state index is 7.08. The number of hydrogen-bond donors (Lipinski definition) is 0. The Labute approximate surface area is 214 Å². The standard InChI is InChI=1S/C33H36N2O/c1-4-5-6-7-8-13-20-35-29-17-12-11-16-28(29)32(2,3)33(35)23-34-31-27-22-25-15-10-9-14-24(25)21-26(27)18-19-30(31)36-33/h9-12,14-19,21-23H,4-8,13,20H2,1-3H3. The number of rotatable bonds is 7. The molecule has 36 heavy (non-hydrogen) atoms. The summed E-state index contributed by atoms with van der Waals surface area (Å²) in [7, 11) is 0. The normalized spacial score (nSPS) is 19.6. The number of anilines is 1. The maximum Gasteiger partial charge on any atom is 0.228 e. The first-order chi connectivity index (χ1) is 17.5. The molecule has 0 N–H and O–H groups in total. The van der Waals surface area contributed by atoms with Gasteiger partial charge in [-0.3, -0.25) is 4.99 Å². The van der Waals surface area contributed by atoms with Gasteiger partial charge in [-0.05, 0) is 66.3 Å². The van der Waals surface area contributed by atoms with E-state index in [1.165, 1.54) is 59.5 Å². The van der Waals surface area contributed by atoms with Gasteiger partial charge in [-0.2, -0.15) is 0 Å². The van der Waals surface area contributed by atoms with Gasteiger partial charge in [0, 0.05) is 17.6 Å². The monoisotopic (exact) mass is 476 g/mol. The summed E-state index contributed by atoms with van der Waals surface area (Å²) in [5, 5.41) is 4.82. The third-order valence-corrected chi connectivity index (χ3v) is 8.35. The van der Waals surface area contributed by atoms with E-state index < -0.39 is 5.72 Å². The molecular formula is C33H36N2O. The lowest BCUT2D eigenvalue weighted by Gasteiger charge is -2.46. The van der Waals surface area contributed by atoms with Gasteiger partial charge in [0.15, 0.2) is 0 Å². The van der Waals surface area contributed by atoms with E-state index in [2.05, 4.69) is 105 Å². The number of para-hydroxylation sites is 1. The Morgan fingerprint density at radius 3 is 2.33 bits per heavy atom. The van der Waals surface area contributed by atoms with Crippen LogP contribution in [0.1, 0.15) is 64.9 Å². The molecule has 0 saturated carbocycles. The van der Waals surface area contributed by atoms with Crippen molar-refractivity contribution in [2.75, 3.05) is 11.4 Å². The molecule has 0 bridgehead atoms. The molecular weight excluding hydrogens is 440 g/mol. The van der Waals surface area contributed by atoms with Gasteiger partial charge < -0.3 is 9.64 Å². The minimum Gasteiger partial charge on any atom is -0.459 e. The van der Waals surface area contributed by atoms with Gasteiger partial charge in [-0.15, -0.1) is 0 Å². The Balaban J connectivity index is 1.39. The molecule has 1 unspecified atom stereocenters. The van der Waals surface area contributed by atoms with Crippen molar-refractivity contribution in [2.24, 2.45) is 4.99 Å². The van der Waals surface area contributed by atoms with Gasteiger partial charge in [0.25, 0.3) is 0 Å². The topological polar surface area (TPSA) is 24.8 Å². The summed E-state index contributed by atoms with van der Waals surface area (Å²) in [6.07, 6.45) is 9.75. The molecule has 4 aromatic rings. The molecule has 0 radical (unpaired) electrons. The summed E-state index contributed by atoms with van der Waals surface area (Å²) in [5.41, 5.74) is 2.66. The second kappa shape index (κ2) is 8.96. The molecule has 0 saturated heterocycles. The molecule has 3 nitrogen and oxygen atoms in total. The van der Waals surface area contributed by atoms with Crippen LogP contribution in [0.25, 0.3) is 21.5 Å². The van der Waals surface area contributed by atoms with Crippen LogP contribution in [0.2, 0.25) is 0 Å². The number of hydrogen-bond acceptors (Lipinski definition) is 3. The molecule has 2 aliphatic heterocycles. The third-order valence-electron chi connectivity index (χ3n) is 8.35. The summed E-state index contributed by atoms with van der Waals surface area (Å²) in [6.45, 7) is 7.85. The van der Waals surface area contributed by atoms with E-state index in [9.17, 15) is 0 Å². The van der Waals surface area contributed by atoms with E-state index in [1.54, 1.807) is 0 Å². The van der Waals surface area contributed by atoms with Gasteiger partial charge in [0.1, 0.15) is 11.4 Å². The van der Waals surface area contributed by atoms with Crippen molar-refractivity contribution in [1.29, 1.82) is 0 Å². The molecule has 2 aliphatic rings. The first-order valence-electron chi connectivity index (χ1n) is 13.6. The van der Waals surface area contributed by atoms with Gasteiger partial charge in [0.05, 0.1) is 11.6 Å². The van der Waals surface area contributed by atoms with Gasteiger partial charge in [-0.1, -0.05) is 87.6 Å². The lowest BCUT2D eigenvalue weighted by molar-refractivity contribution is 0.0774. The van der Waals surface area contributed by atoms with Crippen molar-refractivity contribution in [3.05, 3.63) is 78.4 Å². The quantitative estimate of drug-likeness (QED) is 0.196. The first kappa shape index (κ1) is 23.1. The van der Waals surface area contributed by atoms with E-state index in [0.29, 0.717) is 0 Å². The summed E-state index contributed by atoms with van der Waals surface area (Å²) < 4.78 is 7.08. The van der Waals surface area contributed by atoms with Crippen molar-refractivity contribution in [3.63, 3.8) is 0 Å². The fourth-order valence-corrected chi connectivity index (χ4v) is 6.24. The molecule has 2 heterocycles. The molecule has 3 heteroatoms. The molecule has 4 aromatic carbocycles. The SMILES string of the molecule is CCCCCCCCN1c2ccccc2C(C)(C)C12C=Nc1c(ccc3cc4ccccc4cc13)O2. The van der Waals surface area contributed by atoms with Crippen LogP contribution in [0.4, 0.5) is 11.4 Å². The van der Waals surface area contributed by atoms with E-state index >= 15 is 0 Å². The average Bonchev–Trinajstić information content (AvgIpc) is 3.07. The number of aliphatic imine (C=N–C) groups is 1. The van der Waals surface area contributed by atoms with Crippen molar-refractivity contribution in [2.45, 2.75) is 70.4 Å². The lowest BCUT2D eigenvalue weighted by Crippen LogP contribution is -2.62. The van der Waals surface area contributed by atoms with Gasteiger partial charge in [0.2, 0.25) is 5.72 Å². The van der Waals surface area contributed by atoms with E-state index in [1.807, 2.05) is 0 Å². The predicted octanol–water partition coefficient (Wildman–Crippen LogP) is 8.94. The molecule has 1 spiro atoms. The number of fused-ring (bicyclic) bond motifs is 5. The fourth-order valence-electron chi connectivity index (χ4n) is 6.24. The Kier molecular flexibility index (Phi) is 5.75. The highest BCUT2D eigenvalue weighted by Crippen LogP contribution is 2.55. The van der Waals surface area contributed by atoms with E-state index in [-0.39, 0.29) is 5.41 Å². The zero-order chi connectivity index (χ0) is 24.8. The van der Waals surface area contributed by atoms with Crippen molar-refractivity contribution in [1.82, 2.24) is 0 Å². The Hall–Kier alpha value is -3.33. The average molecular weight is 477 g/mol. The molecule has 184 valence electrons. The van der Waals surface area contributed by atoms with Crippen LogP contribution in [0.15, 0.2) is 77.8 Å². The zero-order valence-corrected chi connectivity index (χ0v) is 21.8. The number of ether oxygens (including phenoxy) is 1. The second-order valence-electron chi connectivity index (χ2n) is 11.0. The van der Waals surface area contributed by atoms with E-state index in [4.69, 9.17) is 9.73 Å². The summed E-state index contributed by atoms with van der Waals surface area (Å²) in [5.74, 6) is 0.870. The smallest absolute Gasteiger partial charge is 0.228 e. The van der Waals surface area contributed by atoms with Crippen LogP contribution in [0.5, 0.6) is 5.75 Å². The Bertz CT molecular complexity index is 1450. The summed E-state index contributed by atoms with van der Waals surface area (Å²) in [4.78, 5) is 7.65. The number of benzene rings is 4. The van der Waals surface area contributed by atoms with Crippen LogP contribution in [-0.2, 0) is 5.41 Å². The Morgan fingerprint density at radius 1 is 0.778 bits per heavy atom. The summed E-state index contributed by atoms with van der Waals surface area (Å²) in [6, 6.07) is 26.1. The first-order valence-corrected chi connectivity index (χ1v) is 13.6. The predicted molar refractivity (Wildman–Crippen MR) is 153 cm³/mol. The van der Waals surface area contributed by atoms with Crippen LogP contribution in [-0.4, -0.2) is 18.5 Å². The number of nitrogens with zero attached hydrogens (tertiary/aromatic N) is 2. The van der Waals surface area contributed by atoms with Gasteiger partial charge >= 0.3 is 0 Å². The molecule has 1 atom stereocenters. The highest BCUT2D eigenvalue weighted by atomic mass is 16.5.